The van der Waals surface area contributed by atoms with Gasteiger partial charge >= 0.3 is 0 Å². The number of anilines is 1. The lowest BCUT2D eigenvalue weighted by Gasteiger charge is -2.35. The van der Waals surface area contributed by atoms with Gasteiger partial charge in [-0.2, -0.15) is 5.10 Å². The van der Waals surface area contributed by atoms with Crippen LogP contribution in [0.4, 0.5) is 5.69 Å². The zero-order valence-electron chi connectivity index (χ0n) is 15.7. The predicted octanol–water partition coefficient (Wildman–Crippen LogP) is 4.30. The Kier molecular flexibility index (Phi) is 6.06. The first-order valence-electron chi connectivity index (χ1n) is 9.30. The molecule has 1 saturated heterocycles. The second-order valence-electron chi connectivity index (χ2n) is 6.72. The molecule has 2 aromatic carbocycles. The number of piperazine rings is 1. The fourth-order valence-corrected chi connectivity index (χ4v) is 3.59. The number of aromatic nitrogens is 2. The molecule has 6 nitrogen and oxygen atoms in total. The molecule has 29 heavy (non-hydrogen) atoms. The first kappa shape index (κ1) is 19.8. The molecule has 1 aliphatic heterocycles. The van der Waals surface area contributed by atoms with Gasteiger partial charge in [-0.25, -0.2) is 4.68 Å². The van der Waals surface area contributed by atoms with E-state index in [-0.39, 0.29) is 12.6 Å². The average Bonchev–Trinajstić information content (AvgIpc) is 3.23. The highest BCUT2D eigenvalue weighted by Crippen LogP contribution is 2.20. The van der Waals surface area contributed by atoms with Crippen molar-refractivity contribution < 1.29 is 9.53 Å². The van der Waals surface area contributed by atoms with E-state index >= 15 is 0 Å². The highest BCUT2D eigenvalue weighted by atomic mass is 79.9. The van der Waals surface area contributed by atoms with Gasteiger partial charge in [-0.3, -0.25) is 4.79 Å². The maximum absolute atomic E-state index is 12.8. The van der Waals surface area contributed by atoms with Crippen molar-refractivity contribution in [1.29, 1.82) is 0 Å². The number of carbonyl (C=O) groups is 1. The number of benzene rings is 2. The van der Waals surface area contributed by atoms with Crippen LogP contribution in [0.3, 0.4) is 0 Å². The molecular weight excluding hydrogens is 456 g/mol. The second kappa shape index (κ2) is 8.88. The van der Waals surface area contributed by atoms with E-state index in [2.05, 4.69) is 25.9 Å². The molecule has 0 spiro atoms. The molecule has 0 N–H and O–H groups in total. The molecule has 0 unspecified atom stereocenters. The Balaban J connectivity index is 1.31. The minimum absolute atomic E-state index is 0.0526. The lowest BCUT2D eigenvalue weighted by Crippen LogP contribution is -2.48. The van der Waals surface area contributed by atoms with Crippen molar-refractivity contribution in [1.82, 2.24) is 14.7 Å². The summed E-state index contributed by atoms with van der Waals surface area (Å²) in [4.78, 5) is 16.9. The summed E-state index contributed by atoms with van der Waals surface area (Å²) in [7, 11) is 0. The summed E-state index contributed by atoms with van der Waals surface area (Å²) in [5, 5.41) is 5.09. The highest BCUT2D eigenvalue weighted by Gasteiger charge is 2.23. The molecule has 0 saturated carbocycles. The summed E-state index contributed by atoms with van der Waals surface area (Å²) in [6.07, 6.45) is 1.76. The van der Waals surface area contributed by atoms with E-state index in [0.29, 0.717) is 18.8 Å². The van der Waals surface area contributed by atoms with Gasteiger partial charge in [-0.1, -0.05) is 27.5 Å². The number of carbonyl (C=O) groups excluding carboxylic acids is 1. The number of ether oxygens (including phenoxy) is 1. The number of nitrogens with zero attached hydrogens (tertiary/aromatic N) is 4. The molecule has 150 valence electrons. The Morgan fingerprint density at radius 2 is 1.69 bits per heavy atom. The van der Waals surface area contributed by atoms with Crippen LogP contribution in [0.5, 0.6) is 5.75 Å². The molecule has 1 fully saturated rings. The maximum Gasteiger partial charge on any atom is 0.274 e. The molecule has 1 aliphatic rings. The maximum atomic E-state index is 12.8. The first-order chi connectivity index (χ1) is 14.1. The molecule has 0 radical (unpaired) electrons. The summed E-state index contributed by atoms with van der Waals surface area (Å²) < 4.78 is 8.31. The monoisotopic (exact) mass is 474 g/mol. The number of halogens is 2. The number of hydrogen-bond donors (Lipinski definition) is 0. The predicted molar refractivity (Wildman–Crippen MR) is 117 cm³/mol. The number of hydrogen-bond acceptors (Lipinski definition) is 4. The zero-order valence-corrected chi connectivity index (χ0v) is 18.0. The smallest absolute Gasteiger partial charge is 0.274 e. The number of rotatable bonds is 5. The van der Waals surface area contributed by atoms with Crippen molar-refractivity contribution in [3.05, 3.63) is 76.0 Å². The van der Waals surface area contributed by atoms with E-state index in [1.54, 1.807) is 16.9 Å². The lowest BCUT2D eigenvalue weighted by molar-refractivity contribution is 0.0738. The third-order valence-electron chi connectivity index (χ3n) is 4.80. The molecular formula is C21H20BrClN4O2. The van der Waals surface area contributed by atoms with Gasteiger partial charge in [0, 0.05) is 47.6 Å². The second-order valence-corrected chi connectivity index (χ2v) is 8.08. The minimum Gasteiger partial charge on any atom is -0.471 e. The third-order valence-corrected chi connectivity index (χ3v) is 5.58. The van der Waals surface area contributed by atoms with Crippen molar-refractivity contribution in [3.63, 3.8) is 0 Å². The Morgan fingerprint density at radius 3 is 2.38 bits per heavy atom. The van der Waals surface area contributed by atoms with E-state index in [4.69, 9.17) is 16.3 Å². The molecule has 0 bridgehead atoms. The lowest BCUT2D eigenvalue weighted by atomic mass is 10.2. The normalized spacial score (nSPS) is 14.1. The van der Waals surface area contributed by atoms with Crippen LogP contribution in [-0.2, 0) is 6.73 Å². The Hall–Kier alpha value is -2.51. The molecule has 3 aromatic rings. The molecule has 4 rings (SSSR count). The minimum atomic E-state index is -0.0526. The van der Waals surface area contributed by atoms with Gasteiger partial charge in [0.15, 0.2) is 12.4 Å². The van der Waals surface area contributed by atoms with Crippen LogP contribution in [-0.4, -0.2) is 46.8 Å². The number of amides is 1. The SMILES string of the molecule is O=C(c1ccn(COc2ccc(Br)cc2)n1)N1CCN(c2ccc(Cl)cc2)CC1. The Bertz CT molecular complexity index is 967. The van der Waals surface area contributed by atoms with Crippen molar-refractivity contribution in [2.45, 2.75) is 6.73 Å². The van der Waals surface area contributed by atoms with Crippen LogP contribution in [0.25, 0.3) is 0 Å². The quantitative estimate of drug-likeness (QED) is 0.552. The largest absolute Gasteiger partial charge is 0.471 e. The molecule has 1 aromatic heterocycles. The van der Waals surface area contributed by atoms with Crippen molar-refractivity contribution in [2.75, 3.05) is 31.1 Å². The van der Waals surface area contributed by atoms with Crippen LogP contribution < -0.4 is 9.64 Å². The summed E-state index contributed by atoms with van der Waals surface area (Å²) in [5.74, 6) is 0.693. The van der Waals surface area contributed by atoms with E-state index in [0.717, 1.165) is 34.0 Å². The zero-order chi connectivity index (χ0) is 20.2. The van der Waals surface area contributed by atoms with Gasteiger partial charge in [0.1, 0.15) is 5.75 Å². The van der Waals surface area contributed by atoms with Crippen LogP contribution in [0, 0.1) is 0 Å². The molecule has 2 heterocycles. The van der Waals surface area contributed by atoms with Gasteiger partial charge in [0.05, 0.1) is 0 Å². The standard InChI is InChI=1S/C21H20BrClN4O2/c22-16-1-7-19(8-2-16)29-15-27-10-9-20(24-27)21(28)26-13-11-25(12-14-26)18-5-3-17(23)4-6-18/h1-10H,11-15H2. The highest BCUT2D eigenvalue weighted by molar-refractivity contribution is 9.10. The van der Waals surface area contributed by atoms with E-state index < -0.39 is 0 Å². The van der Waals surface area contributed by atoms with E-state index in [1.807, 2.05) is 53.4 Å². The van der Waals surface area contributed by atoms with Crippen LogP contribution in [0.2, 0.25) is 5.02 Å². The van der Waals surface area contributed by atoms with Gasteiger partial charge in [0.25, 0.3) is 5.91 Å². The summed E-state index contributed by atoms with van der Waals surface area (Å²) in [6.45, 7) is 3.12. The molecule has 8 heteroatoms. The summed E-state index contributed by atoms with van der Waals surface area (Å²) in [6, 6.07) is 17.1. The van der Waals surface area contributed by atoms with Crippen molar-refractivity contribution in [2.24, 2.45) is 0 Å². The summed E-state index contributed by atoms with van der Waals surface area (Å²) in [5.41, 5.74) is 1.56. The van der Waals surface area contributed by atoms with E-state index in [9.17, 15) is 4.79 Å². The van der Waals surface area contributed by atoms with Crippen molar-refractivity contribution >= 4 is 39.1 Å². The van der Waals surface area contributed by atoms with Crippen LogP contribution >= 0.6 is 27.5 Å². The fourth-order valence-electron chi connectivity index (χ4n) is 3.20. The molecule has 1 amide bonds. The summed E-state index contributed by atoms with van der Waals surface area (Å²) >= 11 is 9.35. The van der Waals surface area contributed by atoms with Crippen LogP contribution in [0.15, 0.2) is 65.3 Å². The Morgan fingerprint density at radius 1 is 1.00 bits per heavy atom. The fraction of sp³-hybridized carbons (Fsp3) is 0.238. The van der Waals surface area contributed by atoms with Gasteiger partial charge < -0.3 is 14.5 Å². The van der Waals surface area contributed by atoms with Crippen molar-refractivity contribution in [3.8, 4) is 5.75 Å². The third kappa shape index (κ3) is 4.92. The topological polar surface area (TPSA) is 50.6 Å². The van der Waals surface area contributed by atoms with Crippen LogP contribution in [0.1, 0.15) is 10.5 Å². The molecule has 0 aliphatic carbocycles. The van der Waals surface area contributed by atoms with Gasteiger partial charge in [0.2, 0.25) is 0 Å². The average molecular weight is 476 g/mol. The van der Waals surface area contributed by atoms with Gasteiger partial charge in [-0.05, 0) is 54.6 Å². The van der Waals surface area contributed by atoms with Gasteiger partial charge in [-0.15, -0.1) is 0 Å². The molecule has 0 atom stereocenters. The first-order valence-corrected chi connectivity index (χ1v) is 10.5. The Labute approximate surface area is 182 Å². The van der Waals surface area contributed by atoms with E-state index in [1.165, 1.54) is 0 Å².